The second kappa shape index (κ2) is 2.89. The van der Waals surface area contributed by atoms with E-state index in [0.717, 1.165) is 18.8 Å². The maximum absolute atomic E-state index is 9.36. The van der Waals surface area contributed by atoms with Gasteiger partial charge in [-0.1, -0.05) is 6.07 Å². The Kier molecular flexibility index (Phi) is 1.67. The average molecular weight is 191 g/mol. The van der Waals surface area contributed by atoms with Gasteiger partial charge in [-0.2, -0.15) is 0 Å². The molecule has 3 heterocycles. The lowest BCUT2D eigenvalue weighted by Crippen LogP contribution is -2.57. The Morgan fingerprint density at radius 3 is 2.64 bits per heavy atom. The Morgan fingerprint density at radius 1 is 1.29 bits per heavy atom. The first kappa shape index (κ1) is 8.12. The summed E-state index contributed by atoms with van der Waals surface area (Å²) >= 11 is 0. The molecule has 0 amide bonds. The molecule has 3 fully saturated rings. The van der Waals surface area contributed by atoms with Crippen LogP contribution in [0.2, 0.25) is 0 Å². The van der Waals surface area contributed by atoms with Crippen molar-refractivity contribution in [3.05, 3.63) is 24.3 Å². The number of anilines is 1. The number of piperidine rings is 1. The van der Waals surface area contributed by atoms with Crippen LogP contribution in [0, 0.1) is 0 Å². The molecule has 1 aromatic carbocycles. The Bertz CT molecular complexity index is 337. The van der Waals surface area contributed by atoms with Crippen LogP contribution in [0.3, 0.4) is 0 Å². The normalized spacial score (nSPS) is 29.9. The summed E-state index contributed by atoms with van der Waals surface area (Å²) in [6.45, 7) is 1.92. The third kappa shape index (κ3) is 1.24. The zero-order valence-electron chi connectivity index (χ0n) is 7.89. The third-order valence-electron chi connectivity index (χ3n) is 2.95. The minimum Gasteiger partial charge on any atom is -0.508 e. The minimum absolute atomic E-state index is 0.336. The number of morpholine rings is 1. The zero-order valence-corrected chi connectivity index (χ0v) is 7.89. The highest BCUT2D eigenvalue weighted by atomic mass is 16.5. The predicted molar refractivity (Wildman–Crippen MR) is 53.6 cm³/mol. The van der Waals surface area contributed by atoms with E-state index >= 15 is 0 Å². The van der Waals surface area contributed by atoms with Crippen LogP contribution in [0.15, 0.2) is 24.3 Å². The maximum Gasteiger partial charge on any atom is 0.117 e. The molecule has 3 aliphatic rings. The first-order valence-electron chi connectivity index (χ1n) is 5.01. The molecule has 2 bridgehead atoms. The molecule has 2 unspecified atom stereocenters. The highest BCUT2D eigenvalue weighted by molar-refractivity contribution is 5.51. The van der Waals surface area contributed by atoms with Gasteiger partial charge in [-0.15, -0.1) is 0 Å². The van der Waals surface area contributed by atoms with E-state index in [1.54, 1.807) is 6.07 Å². The fraction of sp³-hybridized carbons (Fsp3) is 0.455. The van der Waals surface area contributed by atoms with E-state index in [-0.39, 0.29) is 0 Å². The van der Waals surface area contributed by atoms with Crippen molar-refractivity contribution in [1.29, 1.82) is 0 Å². The summed E-state index contributed by atoms with van der Waals surface area (Å²) in [6.07, 6.45) is 2.03. The second-order valence-electron chi connectivity index (χ2n) is 4.04. The van der Waals surface area contributed by atoms with Gasteiger partial charge < -0.3 is 14.7 Å². The average Bonchev–Trinajstić information content (AvgIpc) is 2.17. The molecule has 3 saturated heterocycles. The van der Waals surface area contributed by atoms with Gasteiger partial charge in [-0.05, 0) is 12.1 Å². The van der Waals surface area contributed by atoms with Crippen molar-refractivity contribution in [2.75, 3.05) is 18.0 Å². The van der Waals surface area contributed by atoms with Gasteiger partial charge in [0, 0.05) is 31.3 Å². The maximum atomic E-state index is 9.36. The first-order valence-corrected chi connectivity index (χ1v) is 5.01. The van der Waals surface area contributed by atoms with Crippen molar-refractivity contribution in [3.8, 4) is 5.75 Å². The highest BCUT2D eigenvalue weighted by Crippen LogP contribution is 2.32. The molecule has 3 nitrogen and oxygen atoms in total. The summed E-state index contributed by atoms with van der Waals surface area (Å²) in [5.74, 6) is 0.336. The summed E-state index contributed by atoms with van der Waals surface area (Å²) < 4.78 is 5.55. The number of ether oxygens (including phenoxy) is 1. The quantitative estimate of drug-likeness (QED) is 0.727. The van der Waals surface area contributed by atoms with Crippen molar-refractivity contribution < 1.29 is 9.84 Å². The van der Waals surface area contributed by atoms with Crippen molar-refractivity contribution in [3.63, 3.8) is 0 Å². The Labute approximate surface area is 82.9 Å². The molecule has 0 aliphatic carbocycles. The van der Waals surface area contributed by atoms with Crippen molar-refractivity contribution in [1.82, 2.24) is 0 Å². The summed E-state index contributed by atoms with van der Waals surface area (Å²) in [5.41, 5.74) is 1.10. The second-order valence-corrected chi connectivity index (χ2v) is 4.04. The lowest BCUT2D eigenvalue weighted by atomic mass is 9.98. The Hall–Kier alpha value is -1.22. The minimum atomic E-state index is 0.336. The lowest BCUT2D eigenvalue weighted by Gasteiger charge is -2.48. The molecule has 3 heteroatoms. The molecular weight excluding hydrogens is 178 g/mol. The zero-order chi connectivity index (χ0) is 9.54. The predicted octanol–water partition coefficient (Wildman–Crippen LogP) is 1.37. The standard InChI is InChI=1S/C11H13NO2/c13-9-3-1-2-8(4-9)12-6-10-5-11(7-12)14-10/h1-4,10-11,13H,5-7H2. The number of benzene rings is 1. The number of fused-ring (bicyclic) bond motifs is 2. The molecular formula is C11H13NO2. The monoisotopic (exact) mass is 191 g/mol. The summed E-state index contributed by atoms with van der Waals surface area (Å²) in [6, 6.07) is 7.42. The molecule has 3 aliphatic heterocycles. The van der Waals surface area contributed by atoms with E-state index in [4.69, 9.17) is 4.74 Å². The molecule has 0 aromatic heterocycles. The van der Waals surface area contributed by atoms with Crippen LogP contribution in [-0.2, 0) is 4.74 Å². The van der Waals surface area contributed by atoms with E-state index in [1.807, 2.05) is 18.2 Å². The molecule has 74 valence electrons. The largest absolute Gasteiger partial charge is 0.508 e. The fourth-order valence-electron chi connectivity index (χ4n) is 2.26. The molecule has 4 rings (SSSR count). The Morgan fingerprint density at radius 2 is 2.00 bits per heavy atom. The van der Waals surface area contributed by atoms with Crippen LogP contribution in [0.4, 0.5) is 5.69 Å². The van der Waals surface area contributed by atoms with E-state index in [0.29, 0.717) is 18.0 Å². The van der Waals surface area contributed by atoms with Gasteiger partial charge in [0.05, 0.1) is 12.2 Å². The number of phenolic OH excluding ortho intramolecular Hbond substituents is 1. The number of phenols is 1. The smallest absolute Gasteiger partial charge is 0.117 e. The molecule has 0 radical (unpaired) electrons. The Balaban J connectivity index is 1.82. The van der Waals surface area contributed by atoms with Gasteiger partial charge >= 0.3 is 0 Å². The van der Waals surface area contributed by atoms with Gasteiger partial charge in [0.15, 0.2) is 0 Å². The fourth-order valence-corrected chi connectivity index (χ4v) is 2.26. The van der Waals surface area contributed by atoms with Crippen LogP contribution in [0.1, 0.15) is 6.42 Å². The van der Waals surface area contributed by atoms with Crippen LogP contribution >= 0.6 is 0 Å². The third-order valence-corrected chi connectivity index (χ3v) is 2.95. The van der Waals surface area contributed by atoms with E-state index in [1.165, 1.54) is 6.42 Å². The number of rotatable bonds is 1. The molecule has 2 atom stereocenters. The van der Waals surface area contributed by atoms with Crippen molar-refractivity contribution in [2.45, 2.75) is 18.6 Å². The molecule has 1 aromatic rings. The van der Waals surface area contributed by atoms with E-state index in [2.05, 4.69) is 4.90 Å². The van der Waals surface area contributed by atoms with Crippen LogP contribution in [0.25, 0.3) is 0 Å². The topological polar surface area (TPSA) is 32.7 Å². The summed E-state index contributed by atoms with van der Waals surface area (Å²) in [4.78, 5) is 2.28. The SMILES string of the molecule is Oc1cccc(N2CC3CC(C2)O3)c1. The first-order chi connectivity index (χ1) is 6.81. The van der Waals surface area contributed by atoms with Crippen molar-refractivity contribution in [2.24, 2.45) is 0 Å². The summed E-state index contributed by atoms with van der Waals surface area (Å²) in [5, 5.41) is 9.36. The number of hydrogen-bond acceptors (Lipinski definition) is 3. The van der Waals surface area contributed by atoms with Gasteiger partial charge in [0.25, 0.3) is 0 Å². The van der Waals surface area contributed by atoms with Gasteiger partial charge in [-0.25, -0.2) is 0 Å². The lowest BCUT2D eigenvalue weighted by molar-refractivity contribution is -0.133. The van der Waals surface area contributed by atoms with Gasteiger partial charge in [-0.3, -0.25) is 0 Å². The van der Waals surface area contributed by atoms with Gasteiger partial charge in [0.1, 0.15) is 5.75 Å². The number of aromatic hydroxyl groups is 1. The van der Waals surface area contributed by atoms with E-state index in [9.17, 15) is 5.11 Å². The van der Waals surface area contributed by atoms with Crippen molar-refractivity contribution >= 4 is 5.69 Å². The van der Waals surface area contributed by atoms with Gasteiger partial charge in [0.2, 0.25) is 0 Å². The molecule has 0 spiro atoms. The molecule has 0 saturated carbocycles. The van der Waals surface area contributed by atoms with Crippen LogP contribution in [0.5, 0.6) is 5.75 Å². The van der Waals surface area contributed by atoms with Crippen LogP contribution < -0.4 is 4.90 Å². The number of hydrogen-bond donors (Lipinski definition) is 1. The number of nitrogens with zero attached hydrogens (tertiary/aromatic N) is 1. The van der Waals surface area contributed by atoms with Crippen LogP contribution in [-0.4, -0.2) is 30.4 Å². The summed E-state index contributed by atoms with van der Waals surface area (Å²) in [7, 11) is 0. The molecule has 1 N–H and O–H groups in total. The van der Waals surface area contributed by atoms with E-state index < -0.39 is 0 Å². The highest BCUT2D eigenvalue weighted by Gasteiger charge is 2.38. The molecule has 14 heavy (non-hydrogen) atoms.